The molecular formula is C16H15FN2O. The number of benzene rings is 2. The summed E-state index contributed by atoms with van der Waals surface area (Å²) in [5.74, 6) is 5.86. The standard InChI is InChI=1S/C16H15FN2O/c1-10-6-7-14-11(8-10)9-15(20-14)16(19-18)12-4-2-3-5-13(12)17/h2-9,16,19H,18H2,1H3. The predicted octanol–water partition coefficient (Wildman–Crippen LogP) is 3.43. The molecule has 1 atom stereocenters. The molecule has 0 aliphatic carbocycles. The summed E-state index contributed by atoms with van der Waals surface area (Å²) in [6.07, 6.45) is 0. The quantitative estimate of drug-likeness (QED) is 0.566. The maximum atomic E-state index is 13.9. The summed E-state index contributed by atoms with van der Waals surface area (Å²) in [6.45, 7) is 2.02. The highest BCUT2D eigenvalue weighted by Crippen LogP contribution is 2.29. The van der Waals surface area contributed by atoms with Gasteiger partial charge in [0.25, 0.3) is 0 Å². The molecule has 1 unspecified atom stereocenters. The molecule has 0 fully saturated rings. The van der Waals surface area contributed by atoms with Crippen LogP contribution in [0.25, 0.3) is 11.0 Å². The van der Waals surface area contributed by atoms with E-state index in [1.54, 1.807) is 18.2 Å². The Balaban J connectivity index is 2.10. The second kappa shape index (κ2) is 5.07. The van der Waals surface area contributed by atoms with E-state index in [1.165, 1.54) is 6.07 Å². The second-order valence-electron chi connectivity index (χ2n) is 4.81. The van der Waals surface area contributed by atoms with Gasteiger partial charge in [-0.15, -0.1) is 0 Å². The first-order chi connectivity index (χ1) is 9.69. The van der Waals surface area contributed by atoms with Gasteiger partial charge in [0.15, 0.2) is 0 Å². The van der Waals surface area contributed by atoms with E-state index in [4.69, 9.17) is 10.3 Å². The van der Waals surface area contributed by atoms with Crippen molar-refractivity contribution in [1.82, 2.24) is 5.43 Å². The molecule has 0 saturated heterocycles. The van der Waals surface area contributed by atoms with Crippen molar-refractivity contribution in [2.24, 2.45) is 5.84 Å². The molecule has 3 N–H and O–H groups in total. The summed E-state index contributed by atoms with van der Waals surface area (Å²) in [7, 11) is 0. The van der Waals surface area contributed by atoms with Crippen LogP contribution in [0.1, 0.15) is 22.9 Å². The topological polar surface area (TPSA) is 51.2 Å². The van der Waals surface area contributed by atoms with Crippen LogP contribution in [0.2, 0.25) is 0 Å². The van der Waals surface area contributed by atoms with E-state index in [1.807, 2.05) is 31.2 Å². The van der Waals surface area contributed by atoms with Gasteiger partial charge in [0.1, 0.15) is 23.2 Å². The summed E-state index contributed by atoms with van der Waals surface area (Å²) < 4.78 is 19.7. The Morgan fingerprint density at radius 1 is 1.15 bits per heavy atom. The number of hydrogen-bond donors (Lipinski definition) is 2. The highest BCUT2D eigenvalue weighted by atomic mass is 19.1. The fourth-order valence-electron chi connectivity index (χ4n) is 2.36. The van der Waals surface area contributed by atoms with E-state index in [0.29, 0.717) is 11.3 Å². The third kappa shape index (κ3) is 2.19. The van der Waals surface area contributed by atoms with Crippen LogP contribution < -0.4 is 11.3 Å². The van der Waals surface area contributed by atoms with E-state index < -0.39 is 6.04 Å². The summed E-state index contributed by atoms with van der Waals surface area (Å²) in [6, 6.07) is 13.8. The van der Waals surface area contributed by atoms with Crippen LogP contribution in [0.15, 0.2) is 52.9 Å². The molecule has 1 heterocycles. The first kappa shape index (κ1) is 12.8. The molecule has 0 saturated carbocycles. The molecule has 4 heteroatoms. The van der Waals surface area contributed by atoms with Crippen LogP contribution in [0, 0.1) is 12.7 Å². The predicted molar refractivity (Wildman–Crippen MR) is 76.5 cm³/mol. The maximum absolute atomic E-state index is 13.9. The van der Waals surface area contributed by atoms with Crippen molar-refractivity contribution in [3.63, 3.8) is 0 Å². The van der Waals surface area contributed by atoms with Crippen molar-refractivity contribution in [2.45, 2.75) is 13.0 Å². The van der Waals surface area contributed by atoms with Crippen LogP contribution in [0.5, 0.6) is 0 Å². The minimum absolute atomic E-state index is 0.313. The zero-order valence-corrected chi connectivity index (χ0v) is 11.1. The van der Waals surface area contributed by atoms with Crippen LogP contribution in [0.4, 0.5) is 4.39 Å². The largest absolute Gasteiger partial charge is 0.459 e. The van der Waals surface area contributed by atoms with Gasteiger partial charge in [-0.1, -0.05) is 29.8 Å². The van der Waals surface area contributed by atoms with Crippen molar-refractivity contribution in [3.05, 3.63) is 71.2 Å². The van der Waals surface area contributed by atoms with Gasteiger partial charge in [-0.3, -0.25) is 5.84 Å². The molecule has 0 radical (unpaired) electrons. The van der Waals surface area contributed by atoms with E-state index in [9.17, 15) is 4.39 Å². The molecule has 0 bridgehead atoms. The minimum Gasteiger partial charge on any atom is -0.459 e. The molecule has 0 amide bonds. The van der Waals surface area contributed by atoms with Gasteiger partial charge < -0.3 is 4.42 Å². The van der Waals surface area contributed by atoms with Gasteiger partial charge in [0.05, 0.1) is 0 Å². The van der Waals surface area contributed by atoms with Crippen LogP contribution in [0.3, 0.4) is 0 Å². The van der Waals surface area contributed by atoms with Crippen molar-refractivity contribution in [2.75, 3.05) is 0 Å². The Hall–Kier alpha value is -2.17. The number of rotatable bonds is 3. The zero-order valence-electron chi connectivity index (χ0n) is 11.1. The lowest BCUT2D eigenvalue weighted by atomic mass is 10.0. The number of nitrogens with one attached hydrogen (secondary N) is 1. The van der Waals surface area contributed by atoms with Crippen LogP contribution >= 0.6 is 0 Å². The number of fused-ring (bicyclic) bond motifs is 1. The Kier molecular flexibility index (Phi) is 3.26. The summed E-state index contributed by atoms with van der Waals surface area (Å²) >= 11 is 0. The molecule has 0 aliphatic rings. The zero-order chi connectivity index (χ0) is 14.1. The highest BCUT2D eigenvalue weighted by molar-refractivity contribution is 5.78. The average molecular weight is 270 g/mol. The number of nitrogens with two attached hydrogens (primary N) is 1. The Labute approximate surface area is 116 Å². The number of hydrogen-bond acceptors (Lipinski definition) is 3. The third-order valence-electron chi connectivity index (χ3n) is 3.36. The normalized spacial score (nSPS) is 12.8. The molecule has 2 aromatic carbocycles. The van der Waals surface area contributed by atoms with E-state index in [2.05, 4.69) is 5.43 Å². The number of furan rings is 1. The van der Waals surface area contributed by atoms with Crippen molar-refractivity contribution in [1.29, 1.82) is 0 Å². The maximum Gasteiger partial charge on any atom is 0.134 e. The van der Waals surface area contributed by atoms with Gasteiger partial charge in [-0.05, 0) is 31.2 Å². The Morgan fingerprint density at radius 2 is 1.95 bits per heavy atom. The molecule has 0 spiro atoms. The Bertz CT molecular complexity index is 751. The number of halogens is 1. The minimum atomic E-state index is -0.510. The molecule has 0 aliphatic heterocycles. The van der Waals surface area contributed by atoms with Crippen LogP contribution in [-0.2, 0) is 0 Å². The molecule has 1 aromatic heterocycles. The lowest BCUT2D eigenvalue weighted by Crippen LogP contribution is -2.29. The monoisotopic (exact) mass is 270 g/mol. The lowest BCUT2D eigenvalue weighted by Gasteiger charge is -2.14. The van der Waals surface area contributed by atoms with Gasteiger partial charge >= 0.3 is 0 Å². The second-order valence-corrected chi connectivity index (χ2v) is 4.81. The fraction of sp³-hybridized carbons (Fsp3) is 0.125. The molecule has 102 valence electrons. The lowest BCUT2D eigenvalue weighted by molar-refractivity contribution is 0.462. The van der Waals surface area contributed by atoms with Crippen LogP contribution in [-0.4, -0.2) is 0 Å². The molecular weight excluding hydrogens is 255 g/mol. The van der Waals surface area contributed by atoms with E-state index in [0.717, 1.165) is 16.5 Å². The first-order valence-electron chi connectivity index (χ1n) is 6.39. The third-order valence-corrected chi connectivity index (χ3v) is 3.36. The first-order valence-corrected chi connectivity index (χ1v) is 6.39. The number of aryl methyl sites for hydroxylation is 1. The van der Waals surface area contributed by atoms with Gasteiger partial charge in [0, 0.05) is 10.9 Å². The molecule has 20 heavy (non-hydrogen) atoms. The molecule has 3 aromatic rings. The van der Waals surface area contributed by atoms with Gasteiger partial charge in [0.2, 0.25) is 0 Å². The molecule has 3 nitrogen and oxygen atoms in total. The summed E-state index contributed by atoms with van der Waals surface area (Å²) in [5, 5.41) is 0.983. The van der Waals surface area contributed by atoms with Gasteiger partial charge in [-0.25, -0.2) is 9.82 Å². The highest BCUT2D eigenvalue weighted by Gasteiger charge is 2.20. The fourth-order valence-corrected chi connectivity index (χ4v) is 2.36. The van der Waals surface area contributed by atoms with Gasteiger partial charge in [-0.2, -0.15) is 0 Å². The SMILES string of the molecule is Cc1ccc2oc(C(NN)c3ccccc3F)cc2c1. The van der Waals surface area contributed by atoms with Crippen molar-refractivity contribution >= 4 is 11.0 Å². The van der Waals surface area contributed by atoms with Crippen molar-refractivity contribution in [3.8, 4) is 0 Å². The average Bonchev–Trinajstić information content (AvgIpc) is 2.84. The van der Waals surface area contributed by atoms with Crippen molar-refractivity contribution < 1.29 is 8.81 Å². The van der Waals surface area contributed by atoms with E-state index in [-0.39, 0.29) is 5.82 Å². The Morgan fingerprint density at radius 3 is 2.70 bits per heavy atom. The number of hydrazine groups is 1. The summed E-state index contributed by atoms with van der Waals surface area (Å²) in [4.78, 5) is 0. The van der Waals surface area contributed by atoms with E-state index >= 15 is 0 Å². The smallest absolute Gasteiger partial charge is 0.134 e. The molecule has 3 rings (SSSR count). The summed E-state index contributed by atoms with van der Waals surface area (Å²) in [5.41, 5.74) is 4.99.